The van der Waals surface area contributed by atoms with Gasteiger partial charge in [0.05, 0.1) is 6.61 Å². The minimum Gasteiger partial charge on any atom is -0.494 e. The van der Waals surface area contributed by atoms with Gasteiger partial charge in [-0.1, -0.05) is 35.3 Å². The van der Waals surface area contributed by atoms with Crippen LogP contribution in [-0.2, 0) is 16.1 Å². The van der Waals surface area contributed by atoms with Gasteiger partial charge in [-0.15, -0.1) is 0 Å². The first kappa shape index (κ1) is 24.0. The number of benzene rings is 2. The molecule has 0 aliphatic rings. The molecule has 0 aromatic heterocycles. The van der Waals surface area contributed by atoms with Crippen LogP contribution in [0, 0.1) is 0 Å². The second-order valence-corrected chi connectivity index (χ2v) is 8.27. The molecule has 0 bridgehead atoms. The van der Waals surface area contributed by atoms with E-state index in [1.165, 1.54) is 0 Å². The number of hydrogen-bond donors (Lipinski definition) is 1. The summed E-state index contributed by atoms with van der Waals surface area (Å²) < 4.78 is 5.66. The van der Waals surface area contributed by atoms with E-state index >= 15 is 0 Å². The molecule has 0 spiro atoms. The molecular formula is C23H28Cl2N2O3. The van der Waals surface area contributed by atoms with Crippen molar-refractivity contribution in [3.05, 3.63) is 64.1 Å². The average Bonchev–Trinajstić information content (AvgIpc) is 2.69. The van der Waals surface area contributed by atoms with Crippen LogP contribution in [0.1, 0.15) is 39.2 Å². The molecule has 162 valence electrons. The standard InChI is InChI=1S/C23H28Cl2N2O3/c1-16(2)26-23(29)17(3)27(15-18-6-4-7-20(25)14-18)22(28)8-5-13-30-21-11-9-19(24)10-12-21/h4,6-7,9-12,14,16-17H,5,8,13,15H2,1-3H3,(H,26,29)/t17-/m1/s1. The number of amides is 2. The van der Waals surface area contributed by atoms with Gasteiger partial charge in [0.25, 0.3) is 0 Å². The molecule has 0 saturated heterocycles. The van der Waals surface area contributed by atoms with Crippen LogP contribution in [0.25, 0.3) is 0 Å². The van der Waals surface area contributed by atoms with E-state index in [1.54, 1.807) is 48.2 Å². The van der Waals surface area contributed by atoms with Gasteiger partial charge < -0.3 is 15.0 Å². The Hall–Kier alpha value is -2.24. The zero-order chi connectivity index (χ0) is 22.1. The van der Waals surface area contributed by atoms with Crippen molar-refractivity contribution in [3.63, 3.8) is 0 Å². The van der Waals surface area contributed by atoms with E-state index in [0.717, 1.165) is 5.56 Å². The smallest absolute Gasteiger partial charge is 0.242 e. The lowest BCUT2D eigenvalue weighted by atomic mass is 10.1. The van der Waals surface area contributed by atoms with Gasteiger partial charge in [-0.05, 0) is 69.2 Å². The van der Waals surface area contributed by atoms with Crippen LogP contribution >= 0.6 is 23.2 Å². The molecule has 0 aliphatic heterocycles. The minimum absolute atomic E-state index is 0.00384. The van der Waals surface area contributed by atoms with Gasteiger partial charge in [-0.25, -0.2) is 0 Å². The third-order valence-corrected chi connectivity index (χ3v) is 4.94. The Bertz CT molecular complexity index is 841. The molecule has 0 radical (unpaired) electrons. The minimum atomic E-state index is -0.601. The van der Waals surface area contributed by atoms with E-state index in [4.69, 9.17) is 27.9 Å². The van der Waals surface area contributed by atoms with Crippen molar-refractivity contribution in [1.29, 1.82) is 0 Å². The van der Waals surface area contributed by atoms with Crippen LogP contribution in [0.3, 0.4) is 0 Å². The van der Waals surface area contributed by atoms with Crippen molar-refractivity contribution < 1.29 is 14.3 Å². The summed E-state index contributed by atoms with van der Waals surface area (Å²) in [4.78, 5) is 27.1. The van der Waals surface area contributed by atoms with Crippen LogP contribution in [0.5, 0.6) is 5.75 Å². The summed E-state index contributed by atoms with van der Waals surface area (Å²) in [7, 11) is 0. The van der Waals surface area contributed by atoms with Crippen molar-refractivity contribution >= 4 is 35.0 Å². The third kappa shape index (κ3) is 7.88. The maximum Gasteiger partial charge on any atom is 0.242 e. The molecule has 30 heavy (non-hydrogen) atoms. The zero-order valence-corrected chi connectivity index (χ0v) is 19.0. The van der Waals surface area contributed by atoms with Crippen molar-refractivity contribution in [1.82, 2.24) is 10.2 Å². The van der Waals surface area contributed by atoms with Gasteiger partial charge in [0.15, 0.2) is 0 Å². The van der Waals surface area contributed by atoms with E-state index in [1.807, 2.05) is 26.0 Å². The number of ether oxygens (including phenoxy) is 1. The predicted molar refractivity (Wildman–Crippen MR) is 121 cm³/mol. The number of rotatable bonds is 10. The molecule has 0 unspecified atom stereocenters. The van der Waals surface area contributed by atoms with Crippen LogP contribution in [0.15, 0.2) is 48.5 Å². The third-order valence-electron chi connectivity index (χ3n) is 4.46. The molecule has 2 aromatic carbocycles. The maximum absolute atomic E-state index is 13.0. The first-order valence-electron chi connectivity index (χ1n) is 9.99. The van der Waals surface area contributed by atoms with Gasteiger partial charge in [0.1, 0.15) is 11.8 Å². The van der Waals surface area contributed by atoms with Gasteiger partial charge >= 0.3 is 0 Å². The number of carbonyl (C=O) groups is 2. The van der Waals surface area contributed by atoms with Gasteiger partial charge in [0, 0.05) is 29.1 Å². The number of nitrogens with zero attached hydrogens (tertiary/aromatic N) is 1. The summed E-state index contributed by atoms with van der Waals surface area (Å²) in [6, 6.07) is 13.8. The number of halogens is 2. The summed E-state index contributed by atoms with van der Waals surface area (Å²) >= 11 is 11.9. The van der Waals surface area contributed by atoms with Crippen molar-refractivity contribution in [2.24, 2.45) is 0 Å². The number of nitrogens with one attached hydrogen (secondary N) is 1. The lowest BCUT2D eigenvalue weighted by molar-refractivity contribution is -0.141. The highest BCUT2D eigenvalue weighted by molar-refractivity contribution is 6.30. The Kier molecular flexibility index (Phi) is 9.47. The fourth-order valence-corrected chi connectivity index (χ4v) is 3.25. The van der Waals surface area contributed by atoms with Crippen molar-refractivity contribution in [2.45, 2.75) is 52.2 Å². The highest BCUT2D eigenvalue weighted by atomic mass is 35.5. The molecule has 0 heterocycles. The topological polar surface area (TPSA) is 58.6 Å². The second-order valence-electron chi connectivity index (χ2n) is 7.40. The van der Waals surface area contributed by atoms with Crippen LogP contribution in [-0.4, -0.2) is 35.4 Å². The largest absolute Gasteiger partial charge is 0.494 e. The lowest BCUT2D eigenvalue weighted by Gasteiger charge is -2.29. The monoisotopic (exact) mass is 450 g/mol. The summed E-state index contributed by atoms with van der Waals surface area (Å²) in [6.45, 7) is 6.23. The molecular weight excluding hydrogens is 423 g/mol. The van der Waals surface area contributed by atoms with E-state index in [2.05, 4.69) is 5.32 Å². The Morgan fingerprint density at radius 1 is 1.03 bits per heavy atom. The van der Waals surface area contributed by atoms with E-state index < -0.39 is 6.04 Å². The van der Waals surface area contributed by atoms with Gasteiger partial charge in [-0.2, -0.15) is 0 Å². The molecule has 0 aliphatic carbocycles. The van der Waals surface area contributed by atoms with Gasteiger partial charge in [0.2, 0.25) is 11.8 Å². The quantitative estimate of drug-likeness (QED) is 0.512. The molecule has 2 rings (SSSR count). The summed E-state index contributed by atoms with van der Waals surface area (Å²) in [5.41, 5.74) is 0.873. The van der Waals surface area contributed by atoms with E-state index in [-0.39, 0.29) is 24.3 Å². The van der Waals surface area contributed by atoms with Crippen molar-refractivity contribution in [2.75, 3.05) is 6.61 Å². The van der Waals surface area contributed by atoms with Crippen molar-refractivity contribution in [3.8, 4) is 5.75 Å². The summed E-state index contributed by atoms with van der Waals surface area (Å²) in [6.07, 6.45) is 0.805. The summed E-state index contributed by atoms with van der Waals surface area (Å²) in [5.74, 6) is 0.409. The Balaban J connectivity index is 1.99. The highest BCUT2D eigenvalue weighted by Gasteiger charge is 2.26. The first-order chi connectivity index (χ1) is 14.3. The first-order valence-corrected chi connectivity index (χ1v) is 10.7. The highest BCUT2D eigenvalue weighted by Crippen LogP contribution is 2.18. The van der Waals surface area contributed by atoms with E-state index in [0.29, 0.717) is 35.4 Å². The fraction of sp³-hybridized carbons (Fsp3) is 0.391. The average molecular weight is 451 g/mol. The molecule has 2 aromatic rings. The SMILES string of the molecule is CC(C)NC(=O)[C@@H](C)N(Cc1cccc(Cl)c1)C(=O)CCCOc1ccc(Cl)cc1. The maximum atomic E-state index is 13.0. The van der Waals surface area contributed by atoms with Crippen LogP contribution in [0.4, 0.5) is 0 Å². The van der Waals surface area contributed by atoms with Gasteiger partial charge in [-0.3, -0.25) is 9.59 Å². The predicted octanol–water partition coefficient (Wildman–Crippen LogP) is 5.09. The number of carbonyl (C=O) groups excluding carboxylic acids is 2. The lowest BCUT2D eigenvalue weighted by Crippen LogP contribution is -2.49. The van der Waals surface area contributed by atoms with Crippen LogP contribution < -0.4 is 10.1 Å². The van der Waals surface area contributed by atoms with E-state index in [9.17, 15) is 9.59 Å². The Morgan fingerprint density at radius 2 is 1.73 bits per heavy atom. The Morgan fingerprint density at radius 3 is 2.37 bits per heavy atom. The normalized spacial score (nSPS) is 11.8. The molecule has 1 N–H and O–H groups in total. The molecule has 2 amide bonds. The molecule has 7 heteroatoms. The summed E-state index contributed by atoms with van der Waals surface area (Å²) in [5, 5.41) is 4.11. The molecule has 0 fully saturated rings. The second kappa shape index (κ2) is 11.8. The van der Waals surface area contributed by atoms with Crippen LogP contribution in [0.2, 0.25) is 10.0 Å². The molecule has 0 saturated carbocycles. The molecule has 1 atom stereocenters. The number of hydrogen-bond acceptors (Lipinski definition) is 3. The fourth-order valence-electron chi connectivity index (χ4n) is 2.91. The molecule has 5 nitrogen and oxygen atoms in total. The zero-order valence-electron chi connectivity index (χ0n) is 17.5. The Labute approximate surface area is 188 Å².